The molecule has 0 spiro atoms. The predicted molar refractivity (Wildman–Crippen MR) is 131 cm³/mol. The molecule has 166 valence electrons. The molecule has 1 heterocycles. The van der Waals surface area contributed by atoms with E-state index in [2.05, 4.69) is 45.2 Å². The zero-order valence-corrected chi connectivity index (χ0v) is 19.9. The van der Waals surface area contributed by atoms with E-state index in [1.54, 1.807) is 0 Å². The van der Waals surface area contributed by atoms with Crippen LogP contribution in [0.3, 0.4) is 0 Å². The molecule has 4 aromatic rings. The van der Waals surface area contributed by atoms with Gasteiger partial charge < -0.3 is 9.84 Å². The molecule has 33 heavy (non-hydrogen) atoms. The van der Waals surface area contributed by atoms with E-state index in [1.165, 1.54) is 11.3 Å². The van der Waals surface area contributed by atoms with Gasteiger partial charge in [-0.05, 0) is 40.5 Å². The lowest BCUT2D eigenvalue weighted by atomic mass is 9.98. The van der Waals surface area contributed by atoms with Gasteiger partial charge in [-0.15, -0.1) is 11.3 Å². The molecule has 7 heteroatoms. The van der Waals surface area contributed by atoms with Crippen LogP contribution in [-0.2, 0) is 20.7 Å². The minimum absolute atomic E-state index is 0.0488. The quantitative estimate of drug-likeness (QED) is 0.299. The van der Waals surface area contributed by atoms with Crippen LogP contribution >= 0.6 is 27.3 Å². The minimum Gasteiger partial charge on any atom is -0.481 e. The number of aliphatic carboxylic acids is 1. The van der Waals surface area contributed by atoms with Gasteiger partial charge in [0.25, 0.3) is 0 Å². The molecular formula is C26H20BrNO4S. The van der Waals surface area contributed by atoms with Gasteiger partial charge in [0.15, 0.2) is 0 Å². The summed E-state index contributed by atoms with van der Waals surface area (Å²) in [4.78, 5) is 29.0. The molecule has 0 bridgehead atoms. The number of hydrogen-bond donors (Lipinski definition) is 1. The molecule has 3 aromatic carbocycles. The van der Waals surface area contributed by atoms with Gasteiger partial charge in [-0.25, -0.2) is 4.98 Å². The van der Waals surface area contributed by atoms with E-state index < -0.39 is 17.9 Å². The van der Waals surface area contributed by atoms with Gasteiger partial charge in [-0.1, -0.05) is 64.5 Å². The largest absolute Gasteiger partial charge is 0.481 e. The van der Waals surface area contributed by atoms with Gasteiger partial charge in [0, 0.05) is 16.8 Å². The summed E-state index contributed by atoms with van der Waals surface area (Å²) in [6, 6.07) is 22.0. The van der Waals surface area contributed by atoms with Crippen molar-refractivity contribution in [2.75, 3.05) is 6.61 Å². The molecular weight excluding hydrogens is 502 g/mol. The maximum atomic E-state index is 12.6. The molecule has 0 aliphatic heterocycles. The number of ether oxygens (including phenoxy) is 1. The van der Waals surface area contributed by atoms with E-state index in [0.29, 0.717) is 5.01 Å². The number of aromatic nitrogens is 1. The van der Waals surface area contributed by atoms with E-state index in [0.717, 1.165) is 36.9 Å². The van der Waals surface area contributed by atoms with Crippen molar-refractivity contribution < 1.29 is 19.4 Å². The zero-order valence-electron chi connectivity index (χ0n) is 17.5. The predicted octanol–water partition coefficient (Wildman–Crippen LogP) is 6.05. The van der Waals surface area contributed by atoms with E-state index in [9.17, 15) is 14.7 Å². The Morgan fingerprint density at radius 1 is 1.03 bits per heavy atom. The summed E-state index contributed by atoms with van der Waals surface area (Å²) < 4.78 is 7.53. The van der Waals surface area contributed by atoms with Gasteiger partial charge in [0.2, 0.25) is 0 Å². The van der Waals surface area contributed by atoms with Crippen LogP contribution in [0.15, 0.2) is 71.2 Å². The molecule has 1 aliphatic carbocycles. The molecule has 1 aromatic heterocycles. The lowest BCUT2D eigenvalue weighted by Gasteiger charge is -2.15. The first-order chi connectivity index (χ1) is 16.0. The molecule has 1 aliphatic rings. The standard InChI is InChI=1S/C26H20BrNO4S/c27-16-9-10-22-23(13-16)33-24(28-22)11-15(26(30)31)12-25(29)32-14-21-19-7-3-1-5-17(19)18-6-2-4-8-20(18)21/h1-10,13,15,21H,11-12,14H2,(H,30,31)/t15-/m1/s1. The number of hydrogen-bond acceptors (Lipinski definition) is 5. The van der Waals surface area contributed by atoms with Crippen molar-refractivity contribution in [2.24, 2.45) is 5.92 Å². The number of fused-ring (bicyclic) bond motifs is 4. The Bertz CT molecular complexity index is 1320. The fourth-order valence-corrected chi connectivity index (χ4v) is 5.97. The SMILES string of the molecule is O=C(C[C@@H](Cc1nc2ccc(Br)cc2s1)C(=O)O)OCC1c2ccccc2-c2ccccc21. The van der Waals surface area contributed by atoms with E-state index >= 15 is 0 Å². The van der Waals surface area contributed by atoms with Crippen molar-refractivity contribution in [2.45, 2.75) is 18.8 Å². The van der Waals surface area contributed by atoms with E-state index in [-0.39, 0.29) is 25.4 Å². The summed E-state index contributed by atoms with van der Waals surface area (Å²) in [6.45, 7) is 0.189. The summed E-state index contributed by atoms with van der Waals surface area (Å²) in [7, 11) is 0. The highest BCUT2D eigenvalue weighted by atomic mass is 79.9. The summed E-state index contributed by atoms with van der Waals surface area (Å²) >= 11 is 4.88. The highest BCUT2D eigenvalue weighted by molar-refractivity contribution is 9.10. The van der Waals surface area contributed by atoms with Gasteiger partial charge >= 0.3 is 11.9 Å². The molecule has 1 N–H and O–H groups in total. The topological polar surface area (TPSA) is 76.5 Å². The van der Waals surface area contributed by atoms with Crippen LogP contribution in [0.5, 0.6) is 0 Å². The second-order valence-electron chi connectivity index (χ2n) is 8.07. The zero-order chi connectivity index (χ0) is 22.9. The number of nitrogens with zero attached hydrogens (tertiary/aromatic N) is 1. The highest BCUT2D eigenvalue weighted by Crippen LogP contribution is 2.44. The smallest absolute Gasteiger partial charge is 0.307 e. The summed E-state index contributed by atoms with van der Waals surface area (Å²) in [6.07, 6.45) is 0.00145. The molecule has 0 amide bonds. The Kier molecular flexibility index (Phi) is 6.00. The average Bonchev–Trinajstić information content (AvgIpc) is 3.35. The Labute approximate surface area is 203 Å². The molecule has 0 radical (unpaired) electrons. The second-order valence-corrected chi connectivity index (χ2v) is 10.1. The van der Waals surface area contributed by atoms with E-state index in [1.807, 2.05) is 42.5 Å². The second kappa shape index (κ2) is 9.08. The normalized spacial score (nSPS) is 13.5. The summed E-state index contributed by atoms with van der Waals surface area (Å²) in [5.74, 6) is -2.46. The van der Waals surface area contributed by atoms with Crippen LogP contribution < -0.4 is 0 Å². The van der Waals surface area contributed by atoms with E-state index in [4.69, 9.17) is 4.74 Å². The van der Waals surface area contributed by atoms with Crippen molar-refractivity contribution >= 4 is 49.4 Å². The maximum Gasteiger partial charge on any atom is 0.307 e. The Morgan fingerprint density at radius 2 is 1.70 bits per heavy atom. The lowest BCUT2D eigenvalue weighted by molar-refractivity contribution is -0.151. The van der Waals surface area contributed by atoms with Crippen molar-refractivity contribution in [3.05, 3.63) is 87.3 Å². The van der Waals surface area contributed by atoms with Gasteiger partial charge in [-0.2, -0.15) is 0 Å². The number of halogens is 1. The number of carbonyl (C=O) groups is 2. The highest BCUT2D eigenvalue weighted by Gasteiger charge is 2.30. The van der Waals surface area contributed by atoms with Gasteiger partial charge in [0.1, 0.15) is 6.61 Å². The third-order valence-corrected chi connectivity index (χ3v) is 7.49. The molecule has 0 fully saturated rings. The number of carbonyl (C=O) groups excluding carboxylic acids is 1. The first-order valence-corrected chi connectivity index (χ1v) is 12.2. The molecule has 0 saturated carbocycles. The Hall–Kier alpha value is -3.03. The number of carboxylic acids is 1. The third kappa shape index (κ3) is 4.43. The molecule has 0 saturated heterocycles. The Morgan fingerprint density at radius 3 is 2.36 bits per heavy atom. The number of thiazole rings is 1. The van der Waals surface area contributed by atoms with Crippen LogP contribution in [0.25, 0.3) is 21.3 Å². The maximum absolute atomic E-state index is 12.6. The third-order valence-electron chi connectivity index (χ3n) is 5.95. The van der Waals surface area contributed by atoms with Crippen LogP contribution in [0.1, 0.15) is 28.5 Å². The van der Waals surface area contributed by atoms with Crippen molar-refractivity contribution in [3.8, 4) is 11.1 Å². The molecule has 0 unspecified atom stereocenters. The monoisotopic (exact) mass is 521 g/mol. The first-order valence-electron chi connectivity index (χ1n) is 10.6. The molecule has 5 rings (SSSR count). The first kappa shape index (κ1) is 21.8. The number of rotatable bonds is 7. The fraction of sp³-hybridized carbons (Fsp3) is 0.192. The van der Waals surface area contributed by atoms with Crippen LogP contribution in [-0.4, -0.2) is 28.6 Å². The fourth-order valence-electron chi connectivity index (χ4n) is 4.37. The number of carboxylic acid groups (broad SMARTS) is 1. The number of esters is 1. The Balaban J connectivity index is 1.27. The van der Waals surface area contributed by atoms with Crippen molar-refractivity contribution in [1.29, 1.82) is 0 Å². The van der Waals surface area contributed by atoms with Gasteiger partial charge in [-0.3, -0.25) is 9.59 Å². The van der Waals surface area contributed by atoms with Crippen molar-refractivity contribution in [3.63, 3.8) is 0 Å². The van der Waals surface area contributed by atoms with Crippen LogP contribution in [0.2, 0.25) is 0 Å². The minimum atomic E-state index is -1.02. The number of benzene rings is 3. The van der Waals surface area contributed by atoms with Crippen molar-refractivity contribution in [1.82, 2.24) is 4.98 Å². The lowest BCUT2D eigenvalue weighted by Crippen LogP contribution is -2.22. The van der Waals surface area contributed by atoms with Crippen LogP contribution in [0.4, 0.5) is 0 Å². The summed E-state index contributed by atoms with van der Waals surface area (Å²) in [5.41, 5.74) is 5.38. The van der Waals surface area contributed by atoms with Gasteiger partial charge in [0.05, 0.1) is 27.6 Å². The average molecular weight is 522 g/mol. The summed E-state index contributed by atoms with van der Waals surface area (Å²) in [5, 5.41) is 10.4. The molecule has 5 nitrogen and oxygen atoms in total. The van der Waals surface area contributed by atoms with Crippen LogP contribution in [0, 0.1) is 5.92 Å². The molecule has 1 atom stereocenters.